The molecule has 2 rings (SSSR count). The molecule has 25 heavy (non-hydrogen) atoms. The molecule has 0 saturated heterocycles. The number of carbonyl (C=O) groups is 1. The van der Waals surface area contributed by atoms with Crippen molar-refractivity contribution in [1.29, 1.82) is 0 Å². The Balaban J connectivity index is 1.69. The molecule has 0 radical (unpaired) electrons. The average molecular weight is 459 g/mol. The lowest BCUT2D eigenvalue weighted by Crippen LogP contribution is -2.41. The summed E-state index contributed by atoms with van der Waals surface area (Å²) in [6.07, 6.45) is 6.19. The van der Waals surface area contributed by atoms with E-state index in [2.05, 4.69) is 41.8 Å². The van der Waals surface area contributed by atoms with Gasteiger partial charge in [0.2, 0.25) is 0 Å². The van der Waals surface area contributed by atoms with Crippen molar-refractivity contribution in [2.24, 2.45) is 5.92 Å². The topological polar surface area (TPSA) is 47.6 Å². The Bertz CT molecular complexity index is 512. The summed E-state index contributed by atoms with van der Waals surface area (Å²) in [5.41, 5.74) is 0. The highest BCUT2D eigenvalue weighted by Gasteiger charge is 2.25. The molecule has 0 amide bonds. The van der Waals surface area contributed by atoms with E-state index in [-0.39, 0.29) is 18.1 Å². The minimum atomic E-state index is -0.209. The van der Waals surface area contributed by atoms with Gasteiger partial charge >= 0.3 is 5.97 Å². The maximum absolute atomic E-state index is 12.4. The van der Waals surface area contributed by atoms with Crippen LogP contribution >= 0.6 is 22.6 Å². The lowest BCUT2D eigenvalue weighted by Gasteiger charge is -2.21. The van der Waals surface area contributed by atoms with E-state index in [1.807, 2.05) is 24.3 Å². The highest BCUT2D eigenvalue weighted by molar-refractivity contribution is 14.1. The molecular formula is C20H30INO3. The number of ether oxygens (including phenoxy) is 2. The summed E-state index contributed by atoms with van der Waals surface area (Å²) in [4.78, 5) is 12.4. The van der Waals surface area contributed by atoms with Gasteiger partial charge in [-0.25, -0.2) is 0 Å². The molecule has 4 nitrogen and oxygen atoms in total. The van der Waals surface area contributed by atoms with E-state index in [1.54, 1.807) is 0 Å². The van der Waals surface area contributed by atoms with Gasteiger partial charge in [0.05, 0.1) is 6.61 Å². The Morgan fingerprint density at radius 3 is 2.56 bits per heavy atom. The zero-order valence-electron chi connectivity index (χ0n) is 15.3. The summed E-state index contributed by atoms with van der Waals surface area (Å²) in [5, 5.41) is 3.36. The normalized spacial score (nSPS) is 16.2. The third-order valence-corrected chi connectivity index (χ3v) is 5.09. The predicted molar refractivity (Wildman–Crippen MR) is 109 cm³/mol. The van der Waals surface area contributed by atoms with Gasteiger partial charge in [0.15, 0.2) is 0 Å². The van der Waals surface area contributed by atoms with Crippen molar-refractivity contribution in [3.8, 4) is 5.75 Å². The van der Waals surface area contributed by atoms with E-state index >= 15 is 0 Å². The molecule has 1 aromatic rings. The quantitative estimate of drug-likeness (QED) is 0.317. The fourth-order valence-corrected chi connectivity index (χ4v) is 3.42. The molecular weight excluding hydrogens is 429 g/mol. The molecule has 1 aliphatic carbocycles. The Kier molecular flexibility index (Phi) is 9.03. The maximum atomic E-state index is 12.4. The van der Waals surface area contributed by atoms with Gasteiger partial charge in [-0.15, -0.1) is 0 Å². The second-order valence-corrected chi connectivity index (χ2v) is 8.38. The van der Waals surface area contributed by atoms with Crippen molar-refractivity contribution in [2.75, 3.05) is 13.2 Å². The van der Waals surface area contributed by atoms with Crippen molar-refractivity contribution in [1.82, 2.24) is 5.32 Å². The monoisotopic (exact) mass is 459 g/mol. The first-order valence-electron chi connectivity index (χ1n) is 9.37. The minimum Gasteiger partial charge on any atom is -0.494 e. The van der Waals surface area contributed by atoms with Crippen molar-refractivity contribution in [3.05, 3.63) is 27.8 Å². The lowest BCUT2D eigenvalue weighted by atomic mass is 10.0. The zero-order valence-corrected chi connectivity index (χ0v) is 17.5. The second kappa shape index (κ2) is 11.0. The van der Waals surface area contributed by atoms with Crippen LogP contribution in [0.2, 0.25) is 0 Å². The summed E-state index contributed by atoms with van der Waals surface area (Å²) in [6, 6.07) is 7.82. The summed E-state index contributed by atoms with van der Waals surface area (Å²) in [6.45, 7) is 5.66. The standard InChI is InChI=1S/C20H30INO3/c1-15(2)14-19(20(23)25-18-6-3-4-7-18)22-12-5-13-24-17-10-8-16(21)9-11-17/h8-11,15,18-19,22H,3-7,12-14H2,1-2H3/t19-/m1/s1. The smallest absolute Gasteiger partial charge is 0.323 e. The molecule has 1 aliphatic rings. The van der Waals surface area contributed by atoms with E-state index in [0.717, 1.165) is 38.0 Å². The van der Waals surface area contributed by atoms with E-state index in [4.69, 9.17) is 9.47 Å². The van der Waals surface area contributed by atoms with Crippen molar-refractivity contribution in [3.63, 3.8) is 0 Å². The van der Waals surface area contributed by atoms with E-state index in [9.17, 15) is 4.79 Å². The number of carbonyl (C=O) groups excluding carboxylic acids is 1. The van der Waals surface area contributed by atoms with Gasteiger partial charge < -0.3 is 14.8 Å². The number of rotatable bonds is 10. The molecule has 0 bridgehead atoms. The van der Waals surface area contributed by atoms with Crippen LogP contribution in [0.5, 0.6) is 5.75 Å². The van der Waals surface area contributed by atoms with Crippen LogP contribution < -0.4 is 10.1 Å². The van der Waals surface area contributed by atoms with Crippen LogP contribution in [0.15, 0.2) is 24.3 Å². The number of hydrogen-bond acceptors (Lipinski definition) is 4. The van der Waals surface area contributed by atoms with Gasteiger partial charge in [0, 0.05) is 3.57 Å². The number of benzene rings is 1. The fourth-order valence-electron chi connectivity index (χ4n) is 3.06. The van der Waals surface area contributed by atoms with E-state index in [0.29, 0.717) is 12.5 Å². The Hall–Kier alpha value is -0.820. The molecule has 140 valence electrons. The lowest BCUT2D eigenvalue weighted by molar-refractivity contribution is -0.151. The molecule has 1 saturated carbocycles. The van der Waals surface area contributed by atoms with E-state index < -0.39 is 0 Å². The van der Waals surface area contributed by atoms with E-state index in [1.165, 1.54) is 16.4 Å². The van der Waals surface area contributed by atoms with Gasteiger partial charge in [-0.05, 0) is 97.8 Å². The van der Waals surface area contributed by atoms with Crippen LogP contribution in [-0.2, 0) is 9.53 Å². The van der Waals surface area contributed by atoms with Crippen LogP contribution in [0.3, 0.4) is 0 Å². The highest BCUT2D eigenvalue weighted by atomic mass is 127. The highest BCUT2D eigenvalue weighted by Crippen LogP contribution is 2.22. The van der Waals surface area contributed by atoms with Crippen LogP contribution in [0.1, 0.15) is 52.4 Å². The first-order valence-corrected chi connectivity index (χ1v) is 10.4. The van der Waals surface area contributed by atoms with Crippen LogP contribution in [-0.4, -0.2) is 31.3 Å². The zero-order chi connectivity index (χ0) is 18.1. The average Bonchev–Trinajstić information content (AvgIpc) is 3.07. The van der Waals surface area contributed by atoms with Gasteiger partial charge in [0.25, 0.3) is 0 Å². The first-order chi connectivity index (χ1) is 12.0. The number of hydrogen-bond donors (Lipinski definition) is 1. The number of esters is 1. The third kappa shape index (κ3) is 7.94. The molecule has 0 unspecified atom stereocenters. The van der Waals surface area contributed by atoms with Crippen molar-refractivity contribution in [2.45, 2.75) is 64.5 Å². The van der Waals surface area contributed by atoms with Crippen molar-refractivity contribution < 1.29 is 14.3 Å². The molecule has 1 fully saturated rings. The van der Waals surface area contributed by atoms with Crippen LogP contribution in [0.25, 0.3) is 0 Å². The molecule has 5 heteroatoms. The summed E-state index contributed by atoms with van der Waals surface area (Å²) in [7, 11) is 0. The second-order valence-electron chi connectivity index (χ2n) is 7.14. The summed E-state index contributed by atoms with van der Waals surface area (Å²) >= 11 is 2.28. The Morgan fingerprint density at radius 2 is 1.92 bits per heavy atom. The molecule has 0 heterocycles. The van der Waals surface area contributed by atoms with Gasteiger partial charge in [-0.3, -0.25) is 4.79 Å². The number of nitrogens with one attached hydrogen (secondary N) is 1. The van der Waals surface area contributed by atoms with Crippen LogP contribution in [0.4, 0.5) is 0 Å². The molecule has 1 atom stereocenters. The van der Waals surface area contributed by atoms with Gasteiger partial charge in [-0.2, -0.15) is 0 Å². The van der Waals surface area contributed by atoms with Gasteiger partial charge in [0.1, 0.15) is 17.9 Å². The minimum absolute atomic E-state index is 0.0841. The molecule has 1 N–H and O–H groups in total. The van der Waals surface area contributed by atoms with Crippen molar-refractivity contribution >= 4 is 28.6 Å². The fraction of sp³-hybridized carbons (Fsp3) is 0.650. The molecule has 0 aliphatic heterocycles. The Morgan fingerprint density at radius 1 is 1.24 bits per heavy atom. The first kappa shape index (κ1) is 20.5. The summed E-state index contributed by atoms with van der Waals surface area (Å²) in [5.74, 6) is 1.26. The molecule has 0 aromatic heterocycles. The SMILES string of the molecule is CC(C)C[C@@H](NCCCOc1ccc(I)cc1)C(=O)OC1CCCC1. The largest absolute Gasteiger partial charge is 0.494 e. The van der Waals surface area contributed by atoms with Gasteiger partial charge in [-0.1, -0.05) is 13.8 Å². The number of halogens is 1. The van der Waals surface area contributed by atoms with Crippen LogP contribution in [0, 0.1) is 9.49 Å². The molecule has 1 aromatic carbocycles. The predicted octanol–water partition coefficient (Wildman–Crippen LogP) is 4.55. The third-order valence-electron chi connectivity index (χ3n) is 4.37. The Labute approximate surface area is 165 Å². The molecule has 0 spiro atoms. The maximum Gasteiger partial charge on any atom is 0.323 e. The summed E-state index contributed by atoms with van der Waals surface area (Å²) < 4.78 is 12.6.